The quantitative estimate of drug-likeness (QED) is 0.847. The molecule has 1 amide bonds. The van der Waals surface area contributed by atoms with E-state index in [1.165, 1.54) is 0 Å². The van der Waals surface area contributed by atoms with Crippen molar-refractivity contribution < 1.29 is 13.2 Å². The molecule has 0 bridgehead atoms. The van der Waals surface area contributed by atoms with Crippen LogP contribution in [0.15, 0.2) is 24.3 Å². The summed E-state index contributed by atoms with van der Waals surface area (Å²) in [4.78, 5) is 11.7. The smallest absolute Gasteiger partial charge is 0.239 e. The summed E-state index contributed by atoms with van der Waals surface area (Å²) in [5.41, 5.74) is 6.39. The van der Waals surface area contributed by atoms with Crippen molar-refractivity contribution in [3.8, 4) is 0 Å². The summed E-state index contributed by atoms with van der Waals surface area (Å²) >= 11 is 0. The van der Waals surface area contributed by atoms with E-state index < -0.39 is 27.0 Å². The first-order valence-corrected chi connectivity index (χ1v) is 7.75. The third-order valence-corrected chi connectivity index (χ3v) is 4.13. The Balaban J connectivity index is 2.66. The van der Waals surface area contributed by atoms with Gasteiger partial charge in [-0.3, -0.25) is 4.79 Å². The number of rotatable bonds is 5. The number of hydrogen-bond donors (Lipinski definition) is 2. The second-order valence-electron chi connectivity index (χ2n) is 5.44. The van der Waals surface area contributed by atoms with Gasteiger partial charge in [-0.05, 0) is 38.5 Å². The molecule has 0 atom stereocenters. The highest BCUT2D eigenvalue weighted by Gasteiger charge is 2.24. The van der Waals surface area contributed by atoms with Gasteiger partial charge in [0.2, 0.25) is 5.91 Å². The first-order valence-electron chi connectivity index (χ1n) is 5.93. The number of aryl methyl sites for hydroxylation is 1. The van der Waals surface area contributed by atoms with Crippen molar-refractivity contribution in [1.29, 1.82) is 0 Å². The van der Waals surface area contributed by atoms with E-state index in [1.807, 2.05) is 13.0 Å². The molecule has 0 aliphatic carbocycles. The van der Waals surface area contributed by atoms with E-state index in [-0.39, 0.29) is 5.75 Å². The molecule has 3 N–H and O–H groups in total. The lowest BCUT2D eigenvalue weighted by Gasteiger charge is -2.17. The van der Waals surface area contributed by atoms with Gasteiger partial charge < -0.3 is 11.1 Å². The molecule has 1 aromatic rings. The number of anilines is 1. The molecule has 0 aliphatic heterocycles. The Labute approximate surface area is 114 Å². The lowest BCUT2D eigenvalue weighted by Crippen LogP contribution is -2.42. The van der Waals surface area contributed by atoms with E-state index in [0.717, 1.165) is 5.56 Å². The van der Waals surface area contributed by atoms with Gasteiger partial charge in [-0.2, -0.15) is 0 Å². The summed E-state index contributed by atoms with van der Waals surface area (Å²) in [5.74, 6) is -1.32. The third-order valence-electron chi connectivity index (χ3n) is 2.24. The number of amides is 1. The summed E-state index contributed by atoms with van der Waals surface area (Å²) < 4.78 is 23.5. The predicted molar refractivity (Wildman–Crippen MR) is 76.7 cm³/mol. The largest absolute Gasteiger partial charge is 0.325 e. The zero-order valence-corrected chi connectivity index (χ0v) is 12.3. The fraction of sp³-hybridized carbons (Fsp3) is 0.462. The summed E-state index contributed by atoms with van der Waals surface area (Å²) in [6.45, 7) is 5.12. The first kappa shape index (κ1) is 15.7. The maximum atomic E-state index is 11.8. The Kier molecular flexibility index (Phi) is 4.70. The molecule has 0 aromatic heterocycles. The Morgan fingerprint density at radius 2 is 2.00 bits per heavy atom. The van der Waals surface area contributed by atoms with E-state index in [9.17, 15) is 13.2 Å². The molecule has 1 aromatic carbocycles. The van der Waals surface area contributed by atoms with Gasteiger partial charge in [-0.15, -0.1) is 0 Å². The van der Waals surface area contributed by atoms with E-state index in [2.05, 4.69) is 5.32 Å². The molecule has 0 fully saturated rings. The Morgan fingerprint density at radius 3 is 2.53 bits per heavy atom. The fourth-order valence-corrected chi connectivity index (χ4v) is 3.44. The molecule has 0 spiro atoms. The monoisotopic (exact) mass is 284 g/mol. The summed E-state index contributed by atoms with van der Waals surface area (Å²) in [5, 5.41) is 2.57. The zero-order valence-electron chi connectivity index (χ0n) is 11.4. The lowest BCUT2D eigenvalue weighted by molar-refractivity contribution is -0.113. The van der Waals surface area contributed by atoms with Gasteiger partial charge in [-0.25, -0.2) is 8.42 Å². The summed E-state index contributed by atoms with van der Waals surface area (Å²) in [7, 11) is -3.51. The minimum atomic E-state index is -3.51. The fourth-order valence-electron chi connectivity index (χ4n) is 1.74. The first-order chi connectivity index (χ1) is 8.57. The molecule has 1 rings (SSSR count). The highest BCUT2D eigenvalue weighted by atomic mass is 32.2. The van der Waals surface area contributed by atoms with Crippen LogP contribution < -0.4 is 11.1 Å². The number of nitrogens with one attached hydrogen (secondary N) is 1. The third kappa shape index (κ3) is 6.35. The van der Waals surface area contributed by atoms with Crippen LogP contribution in [0, 0.1) is 6.92 Å². The van der Waals surface area contributed by atoms with Gasteiger partial charge in [0.1, 0.15) is 5.75 Å². The van der Waals surface area contributed by atoms with E-state index in [1.54, 1.807) is 32.0 Å². The van der Waals surface area contributed by atoms with Crippen LogP contribution in [0.4, 0.5) is 5.69 Å². The summed E-state index contributed by atoms with van der Waals surface area (Å²) in [6.07, 6.45) is 0. The molecule has 5 nitrogen and oxygen atoms in total. The minimum absolute atomic E-state index is 0.221. The average molecular weight is 284 g/mol. The van der Waals surface area contributed by atoms with E-state index in [0.29, 0.717) is 5.69 Å². The Bertz CT molecular complexity index is 559. The molecular weight excluding hydrogens is 264 g/mol. The average Bonchev–Trinajstić information content (AvgIpc) is 2.11. The summed E-state index contributed by atoms with van der Waals surface area (Å²) in [6, 6.07) is 7.17. The van der Waals surface area contributed by atoms with Crippen molar-refractivity contribution in [2.45, 2.75) is 26.3 Å². The number of sulfone groups is 1. The van der Waals surface area contributed by atoms with Crippen molar-refractivity contribution in [2.75, 3.05) is 16.8 Å². The van der Waals surface area contributed by atoms with Gasteiger partial charge in [0, 0.05) is 11.2 Å². The number of benzene rings is 1. The topological polar surface area (TPSA) is 89.3 Å². The van der Waals surface area contributed by atoms with Gasteiger partial charge in [0.25, 0.3) is 0 Å². The maximum Gasteiger partial charge on any atom is 0.239 e. The zero-order chi connectivity index (χ0) is 14.7. The standard InChI is InChI=1S/C13H20N2O3S/c1-10-5-4-6-11(7-10)15-12(16)8-19(17,18)9-13(2,3)14/h4-7H,8-9,14H2,1-3H3,(H,15,16). The second-order valence-corrected chi connectivity index (χ2v) is 7.50. The van der Waals surface area contributed by atoms with Crippen LogP contribution in [0.5, 0.6) is 0 Å². The normalized spacial score (nSPS) is 12.2. The number of carbonyl (C=O) groups excluding carboxylic acids is 1. The van der Waals surface area contributed by atoms with Crippen LogP contribution in [0.2, 0.25) is 0 Å². The molecule has 0 heterocycles. The molecule has 0 saturated carbocycles. The number of nitrogens with two attached hydrogens (primary N) is 1. The van der Waals surface area contributed by atoms with Gasteiger partial charge >= 0.3 is 0 Å². The number of hydrogen-bond acceptors (Lipinski definition) is 4. The predicted octanol–water partition coefficient (Wildman–Crippen LogP) is 1.09. The van der Waals surface area contributed by atoms with Crippen LogP contribution >= 0.6 is 0 Å². The molecule has 0 unspecified atom stereocenters. The van der Waals surface area contributed by atoms with Gasteiger partial charge in [-0.1, -0.05) is 12.1 Å². The molecular formula is C13H20N2O3S. The van der Waals surface area contributed by atoms with Crippen LogP contribution in [-0.2, 0) is 14.6 Å². The minimum Gasteiger partial charge on any atom is -0.325 e. The van der Waals surface area contributed by atoms with Crippen molar-refractivity contribution in [2.24, 2.45) is 5.73 Å². The van der Waals surface area contributed by atoms with Crippen molar-refractivity contribution in [3.63, 3.8) is 0 Å². The molecule has 106 valence electrons. The van der Waals surface area contributed by atoms with Crippen LogP contribution in [0.25, 0.3) is 0 Å². The van der Waals surface area contributed by atoms with Crippen molar-refractivity contribution in [3.05, 3.63) is 29.8 Å². The Morgan fingerprint density at radius 1 is 1.37 bits per heavy atom. The van der Waals surface area contributed by atoms with E-state index >= 15 is 0 Å². The second kappa shape index (κ2) is 5.71. The number of carbonyl (C=O) groups is 1. The van der Waals surface area contributed by atoms with Crippen molar-refractivity contribution >= 4 is 21.4 Å². The van der Waals surface area contributed by atoms with Crippen LogP contribution in [0.3, 0.4) is 0 Å². The lowest BCUT2D eigenvalue weighted by atomic mass is 10.1. The van der Waals surface area contributed by atoms with Gasteiger partial charge in [0.05, 0.1) is 5.75 Å². The maximum absolute atomic E-state index is 11.8. The van der Waals surface area contributed by atoms with Gasteiger partial charge in [0.15, 0.2) is 9.84 Å². The highest BCUT2D eigenvalue weighted by molar-refractivity contribution is 7.92. The molecule has 19 heavy (non-hydrogen) atoms. The van der Waals surface area contributed by atoms with Crippen molar-refractivity contribution in [1.82, 2.24) is 0 Å². The van der Waals surface area contributed by atoms with Crippen LogP contribution in [0.1, 0.15) is 19.4 Å². The van der Waals surface area contributed by atoms with E-state index in [4.69, 9.17) is 5.73 Å². The SMILES string of the molecule is Cc1cccc(NC(=O)CS(=O)(=O)CC(C)(C)N)c1. The highest BCUT2D eigenvalue weighted by Crippen LogP contribution is 2.10. The molecule has 0 radical (unpaired) electrons. The molecule has 0 saturated heterocycles. The Hall–Kier alpha value is -1.40. The molecule has 6 heteroatoms. The molecule has 0 aliphatic rings. The van der Waals surface area contributed by atoms with Crippen LogP contribution in [-0.4, -0.2) is 31.4 Å².